The average molecular weight is 321 g/mol. The fraction of sp³-hybridized carbons (Fsp3) is 0.417. The number of nitrogen functional groups attached to an aromatic ring is 1. The largest absolute Gasteiger partial charge is 0.399 e. The first kappa shape index (κ1) is 14.6. The first-order valence-corrected chi connectivity index (χ1v) is 8.12. The SMILES string of the molecule is Nc1cc(Cl)c(Cl)c(C(=O)NC2CCS(=O)CC2)c1. The van der Waals surface area contributed by atoms with Gasteiger partial charge in [0, 0.05) is 34.0 Å². The fourth-order valence-corrected chi connectivity index (χ4v) is 3.70. The van der Waals surface area contributed by atoms with Crippen molar-refractivity contribution >= 4 is 45.6 Å². The van der Waals surface area contributed by atoms with E-state index in [1.165, 1.54) is 12.1 Å². The van der Waals surface area contributed by atoms with Crippen LogP contribution in [0.2, 0.25) is 10.0 Å². The summed E-state index contributed by atoms with van der Waals surface area (Å²) in [4.78, 5) is 12.1. The van der Waals surface area contributed by atoms with Crippen molar-refractivity contribution < 1.29 is 9.00 Å². The van der Waals surface area contributed by atoms with E-state index < -0.39 is 10.8 Å². The Kier molecular flexibility index (Phi) is 4.71. The minimum atomic E-state index is -0.750. The molecule has 1 amide bonds. The van der Waals surface area contributed by atoms with Crippen molar-refractivity contribution in [2.45, 2.75) is 18.9 Å². The predicted molar refractivity (Wildman–Crippen MR) is 79.2 cm³/mol. The van der Waals surface area contributed by atoms with Crippen molar-refractivity contribution in [3.63, 3.8) is 0 Å². The number of hydrogen-bond donors (Lipinski definition) is 2. The van der Waals surface area contributed by atoms with Crippen molar-refractivity contribution in [3.05, 3.63) is 27.7 Å². The monoisotopic (exact) mass is 320 g/mol. The minimum absolute atomic E-state index is 0.0291. The lowest BCUT2D eigenvalue weighted by molar-refractivity contribution is 0.0935. The summed E-state index contributed by atoms with van der Waals surface area (Å²) in [5.74, 6) is 0.948. The Hall–Kier alpha value is -0.780. The number of benzene rings is 1. The van der Waals surface area contributed by atoms with Gasteiger partial charge in [0.25, 0.3) is 5.91 Å². The molecule has 3 N–H and O–H groups in total. The Morgan fingerprint density at radius 3 is 2.58 bits per heavy atom. The van der Waals surface area contributed by atoms with Crippen LogP contribution < -0.4 is 11.1 Å². The van der Waals surface area contributed by atoms with Gasteiger partial charge >= 0.3 is 0 Å². The standard InChI is InChI=1S/C12H14Cl2N2O2S/c13-10-6-7(15)5-9(11(10)14)12(17)16-8-1-3-19(18)4-2-8/h5-6,8H,1-4,15H2,(H,16,17). The highest BCUT2D eigenvalue weighted by Crippen LogP contribution is 2.28. The lowest BCUT2D eigenvalue weighted by Gasteiger charge is -2.22. The quantitative estimate of drug-likeness (QED) is 0.821. The van der Waals surface area contributed by atoms with Crippen LogP contribution in [-0.2, 0) is 10.8 Å². The molecular formula is C12H14Cl2N2O2S. The van der Waals surface area contributed by atoms with E-state index >= 15 is 0 Å². The number of anilines is 1. The second kappa shape index (κ2) is 6.11. The molecule has 0 aliphatic carbocycles. The van der Waals surface area contributed by atoms with Crippen LogP contribution in [0.1, 0.15) is 23.2 Å². The normalized spacial score (nSPS) is 23.1. The van der Waals surface area contributed by atoms with Crippen LogP contribution in [0.3, 0.4) is 0 Å². The van der Waals surface area contributed by atoms with Crippen LogP contribution in [0, 0.1) is 0 Å². The van der Waals surface area contributed by atoms with Crippen molar-refractivity contribution in [2.75, 3.05) is 17.2 Å². The summed E-state index contributed by atoms with van der Waals surface area (Å²) >= 11 is 11.9. The highest BCUT2D eigenvalue weighted by molar-refractivity contribution is 7.85. The Morgan fingerprint density at radius 1 is 1.32 bits per heavy atom. The minimum Gasteiger partial charge on any atom is -0.399 e. The molecule has 0 radical (unpaired) electrons. The first-order chi connectivity index (χ1) is 8.97. The van der Waals surface area contributed by atoms with Gasteiger partial charge in [-0.25, -0.2) is 0 Å². The summed E-state index contributed by atoms with van der Waals surface area (Å²) in [6, 6.07) is 3.04. The number of nitrogens with two attached hydrogens (primary N) is 1. The van der Waals surface area contributed by atoms with Gasteiger partial charge < -0.3 is 11.1 Å². The van der Waals surface area contributed by atoms with E-state index in [-0.39, 0.29) is 27.6 Å². The van der Waals surface area contributed by atoms with Gasteiger partial charge in [-0.05, 0) is 25.0 Å². The highest BCUT2D eigenvalue weighted by Gasteiger charge is 2.22. The van der Waals surface area contributed by atoms with Crippen molar-refractivity contribution in [3.8, 4) is 0 Å². The van der Waals surface area contributed by atoms with Gasteiger partial charge in [0.15, 0.2) is 0 Å². The first-order valence-electron chi connectivity index (χ1n) is 5.87. The fourth-order valence-electron chi connectivity index (χ4n) is 1.98. The molecule has 4 nitrogen and oxygen atoms in total. The highest BCUT2D eigenvalue weighted by atomic mass is 35.5. The summed E-state index contributed by atoms with van der Waals surface area (Å²) in [6.45, 7) is 0. The van der Waals surface area contributed by atoms with Crippen molar-refractivity contribution in [2.24, 2.45) is 0 Å². The molecule has 2 rings (SSSR count). The van der Waals surface area contributed by atoms with E-state index in [9.17, 15) is 9.00 Å². The third-order valence-corrected chi connectivity index (χ3v) is 5.20. The summed E-state index contributed by atoms with van der Waals surface area (Å²) in [5.41, 5.74) is 6.32. The number of nitrogens with one attached hydrogen (secondary N) is 1. The maximum atomic E-state index is 12.1. The molecule has 104 valence electrons. The molecule has 1 fully saturated rings. The maximum Gasteiger partial charge on any atom is 0.253 e. The van der Waals surface area contributed by atoms with E-state index in [1.807, 2.05) is 0 Å². The molecular weight excluding hydrogens is 307 g/mol. The van der Waals surface area contributed by atoms with E-state index in [1.54, 1.807) is 0 Å². The van der Waals surface area contributed by atoms with Crippen LogP contribution >= 0.6 is 23.2 Å². The molecule has 19 heavy (non-hydrogen) atoms. The van der Waals surface area contributed by atoms with E-state index in [4.69, 9.17) is 28.9 Å². The number of amides is 1. The van der Waals surface area contributed by atoms with Gasteiger partial charge in [0.2, 0.25) is 0 Å². The van der Waals surface area contributed by atoms with E-state index in [0.717, 1.165) is 0 Å². The van der Waals surface area contributed by atoms with Gasteiger partial charge in [-0.3, -0.25) is 9.00 Å². The Balaban J connectivity index is 2.10. The van der Waals surface area contributed by atoms with Crippen molar-refractivity contribution in [1.82, 2.24) is 5.32 Å². The van der Waals surface area contributed by atoms with Crippen LogP contribution in [0.25, 0.3) is 0 Å². The second-order valence-electron chi connectivity index (χ2n) is 4.46. The zero-order valence-corrected chi connectivity index (χ0v) is 12.4. The molecule has 0 aromatic heterocycles. The molecule has 1 saturated heterocycles. The smallest absolute Gasteiger partial charge is 0.253 e. The third kappa shape index (κ3) is 3.61. The van der Waals surface area contributed by atoms with E-state index in [0.29, 0.717) is 30.0 Å². The molecule has 1 aromatic carbocycles. The summed E-state index contributed by atoms with van der Waals surface area (Å²) < 4.78 is 11.3. The summed E-state index contributed by atoms with van der Waals surface area (Å²) in [5, 5.41) is 3.34. The van der Waals surface area contributed by atoms with Gasteiger partial charge in [-0.15, -0.1) is 0 Å². The summed E-state index contributed by atoms with van der Waals surface area (Å²) in [6.07, 6.45) is 1.43. The van der Waals surface area contributed by atoms with E-state index in [2.05, 4.69) is 5.32 Å². The third-order valence-electron chi connectivity index (χ3n) is 3.02. The number of carbonyl (C=O) groups excluding carboxylic acids is 1. The van der Waals surface area contributed by atoms with Gasteiger partial charge in [0.1, 0.15) is 0 Å². The molecule has 1 aromatic rings. The Bertz CT molecular complexity index is 527. The second-order valence-corrected chi connectivity index (χ2v) is 6.94. The Labute approximate surface area is 124 Å². The number of carbonyl (C=O) groups is 1. The molecule has 0 saturated carbocycles. The average Bonchev–Trinajstić information content (AvgIpc) is 2.36. The predicted octanol–water partition coefficient (Wildman–Crippen LogP) is 2.22. The molecule has 0 atom stereocenters. The molecule has 1 heterocycles. The van der Waals surface area contributed by atoms with Gasteiger partial charge in [-0.1, -0.05) is 23.2 Å². The van der Waals surface area contributed by atoms with Crippen LogP contribution in [0.5, 0.6) is 0 Å². The molecule has 0 bridgehead atoms. The molecule has 7 heteroatoms. The maximum absolute atomic E-state index is 12.1. The van der Waals surface area contributed by atoms with Crippen LogP contribution in [0.4, 0.5) is 5.69 Å². The zero-order chi connectivity index (χ0) is 14.0. The Morgan fingerprint density at radius 2 is 1.95 bits per heavy atom. The van der Waals surface area contributed by atoms with Crippen LogP contribution in [0.15, 0.2) is 12.1 Å². The number of rotatable bonds is 2. The molecule has 1 aliphatic rings. The molecule has 1 aliphatic heterocycles. The lowest BCUT2D eigenvalue weighted by atomic mass is 10.1. The number of hydrogen-bond acceptors (Lipinski definition) is 3. The van der Waals surface area contributed by atoms with Crippen molar-refractivity contribution in [1.29, 1.82) is 0 Å². The van der Waals surface area contributed by atoms with Crippen LogP contribution in [-0.4, -0.2) is 27.7 Å². The topological polar surface area (TPSA) is 72.2 Å². The van der Waals surface area contributed by atoms with Gasteiger partial charge in [0.05, 0.1) is 15.6 Å². The molecule has 0 spiro atoms. The lowest BCUT2D eigenvalue weighted by Crippen LogP contribution is -2.39. The molecule has 0 unspecified atom stereocenters. The summed E-state index contributed by atoms with van der Waals surface area (Å²) in [7, 11) is -0.750. The van der Waals surface area contributed by atoms with Gasteiger partial charge in [-0.2, -0.15) is 0 Å². The zero-order valence-electron chi connectivity index (χ0n) is 10.1. The number of halogens is 2.